The van der Waals surface area contributed by atoms with Crippen molar-refractivity contribution in [3.05, 3.63) is 30.1 Å². The molecule has 1 N–H and O–H groups in total. The van der Waals surface area contributed by atoms with E-state index in [0.29, 0.717) is 5.25 Å². The fourth-order valence-electron chi connectivity index (χ4n) is 1.63. The first-order chi connectivity index (χ1) is 6.84. The van der Waals surface area contributed by atoms with Gasteiger partial charge in [0.15, 0.2) is 0 Å². The monoisotopic (exact) mass is 211 g/mol. The highest BCUT2D eigenvalue weighted by Gasteiger charge is 2.13. The number of nitrogens with one attached hydrogen (secondary N) is 1. The molecule has 3 heteroatoms. The highest BCUT2D eigenvalue weighted by Crippen LogP contribution is 2.27. The molecule has 1 aromatic rings. The summed E-state index contributed by atoms with van der Waals surface area (Å²) in [7, 11) is 0. The van der Waals surface area contributed by atoms with Gasteiger partial charge in [-0.1, -0.05) is 0 Å². The third-order valence-electron chi connectivity index (χ3n) is 2.37. The predicted octanol–water partition coefficient (Wildman–Crippen LogP) is 2.67. The molecule has 1 heterocycles. The average molecular weight is 211 g/mol. The van der Waals surface area contributed by atoms with Gasteiger partial charge in [0, 0.05) is 16.7 Å². The number of piperidine rings is 1. The van der Waals surface area contributed by atoms with E-state index in [4.69, 9.17) is 0 Å². The average Bonchev–Trinajstić information content (AvgIpc) is 2.23. The van der Waals surface area contributed by atoms with Crippen LogP contribution in [-0.2, 0) is 0 Å². The Labute approximate surface area is 88.1 Å². The quantitative estimate of drug-likeness (QED) is 0.807. The Kier molecular flexibility index (Phi) is 3.43. The van der Waals surface area contributed by atoms with Gasteiger partial charge in [0.05, 0.1) is 0 Å². The molecule has 76 valence electrons. The van der Waals surface area contributed by atoms with Gasteiger partial charge in [-0.15, -0.1) is 11.8 Å². The summed E-state index contributed by atoms with van der Waals surface area (Å²) in [6, 6.07) is 6.76. The Hall–Kier alpha value is -0.540. The van der Waals surface area contributed by atoms with Crippen LogP contribution in [0.15, 0.2) is 29.2 Å². The second-order valence-corrected chi connectivity index (χ2v) is 4.91. The van der Waals surface area contributed by atoms with E-state index in [1.807, 2.05) is 23.9 Å². The van der Waals surface area contributed by atoms with Crippen LogP contribution in [0.1, 0.15) is 12.8 Å². The van der Waals surface area contributed by atoms with Gasteiger partial charge in [-0.2, -0.15) is 0 Å². The van der Waals surface area contributed by atoms with Crippen molar-refractivity contribution in [1.29, 1.82) is 0 Å². The maximum absolute atomic E-state index is 12.6. The van der Waals surface area contributed by atoms with Gasteiger partial charge in [0.2, 0.25) is 0 Å². The number of thioether (sulfide) groups is 1. The third kappa shape index (κ3) is 2.72. The van der Waals surface area contributed by atoms with Gasteiger partial charge in [-0.3, -0.25) is 0 Å². The minimum atomic E-state index is -0.156. The second kappa shape index (κ2) is 4.80. The first kappa shape index (κ1) is 9.99. The summed E-state index contributed by atoms with van der Waals surface area (Å²) in [4.78, 5) is 1.17. The lowest BCUT2D eigenvalue weighted by Gasteiger charge is -2.21. The molecule has 0 bridgehead atoms. The number of halogens is 1. The van der Waals surface area contributed by atoms with Crippen molar-refractivity contribution in [1.82, 2.24) is 5.32 Å². The van der Waals surface area contributed by atoms with Crippen molar-refractivity contribution < 1.29 is 4.39 Å². The van der Waals surface area contributed by atoms with Crippen molar-refractivity contribution in [2.75, 3.05) is 13.1 Å². The molecule has 1 aliphatic heterocycles. The summed E-state index contributed by atoms with van der Waals surface area (Å²) in [6.45, 7) is 2.21. The van der Waals surface area contributed by atoms with Crippen LogP contribution in [0.3, 0.4) is 0 Å². The molecule has 0 unspecified atom stereocenters. The SMILES string of the molecule is Fc1ccc(S[C@H]2CCCNC2)cc1. The number of hydrogen-bond donors (Lipinski definition) is 1. The van der Waals surface area contributed by atoms with Gasteiger partial charge in [0.25, 0.3) is 0 Å². The first-order valence-corrected chi connectivity index (χ1v) is 5.85. The zero-order valence-electron chi connectivity index (χ0n) is 8.00. The molecule has 1 aliphatic rings. The van der Waals surface area contributed by atoms with Crippen molar-refractivity contribution in [2.24, 2.45) is 0 Å². The van der Waals surface area contributed by atoms with Gasteiger partial charge in [-0.25, -0.2) is 4.39 Å². The number of rotatable bonds is 2. The van der Waals surface area contributed by atoms with E-state index < -0.39 is 0 Å². The normalized spacial score (nSPS) is 22.2. The molecular formula is C11H14FNS. The van der Waals surface area contributed by atoms with Crippen LogP contribution < -0.4 is 5.32 Å². The van der Waals surface area contributed by atoms with Crippen LogP contribution in [0.4, 0.5) is 4.39 Å². The van der Waals surface area contributed by atoms with E-state index in [0.717, 1.165) is 13.1 Å². The maximum Gasteiger partial charge on any atom is 0.123 e. The molecule has 0 radical (unpaired) electrons. The molecule has 0 amide bonds. The summed E-state index contributed by atoms with van der Waals surface area (Å²) in [6.07, 6.45) is 2.51. The van der Waals surface area contributed by atoms with Crippen LogP contribution in [-0.4, -0.2) is 18.3 Å². The molecule has 2 rings (SSSR count). The fourth-order valence-corrected chi connectivity index (χ4v) is 2.79. The summed E-state index contributed by atoms with van der Waals surface area (Å²) in [5.41, 5.74) is 0. The van der Waals surface area contributed by atoms with Gasteiger partial charge in [-0.05, 0) is 43.7 Å². The van der Waals surface area contributed by atoms with Crippen LogP contribution in [0.5, 0.6) is 0 Å². The van der Waals surface area contributed by atoms with Crippen LogP contribution in [0.2, 0.25) is 0 Å². The van der Waals surface area contributed by atoms with E-state index in [-0.39, 0.29) is 5.82 Å². The number of benzene rings is 1. The van der Waals surface area contributed by atoms with Gasteiger partial charge < -0.3 is 5.32 Å². The Morgan fingerprint density at radius 1 is 1.29 bits per heavy atom. The molecule has 1 fully saturated rings. The van der Waals surface area contributed by atoms with Crippen molar-refractivity contribution in [3.8, 4) is 0 Å². The Morgan fingerprint density at radius 3 is 2.71 bits per heavy atom. The standard InChI is InChI=1S/C11H14FNS/c12-9-3-5-10(6-4-9)14-11-2-1-7-13-8-11/h3-6,11,13H,1-2,7-8H2/t11-/m0/s1. The summed E-state index contributed by atoms with van der Waals surface area (Å²) in [5.74, 6) is -0.156. The molecule has 0 saturated carbocycles. The molecule has 0 spiro atoms. The molecule has 0 aromatic heterocycles. The van der Waals surface area contributed by atoms with E-state index >= 15 is 0 Å². The molecular weight excluding hydrogens is 197 g/mol. The molecule has 1 atom stereocenters. The first-order valence-electron chi connectivity index (χ1n) is 4.97. The molecule has 14 heavy (non-hydrogen) atoms. The minimum Gasteiger partial charge on any atom is -0.316 e. The Balaban J connectivity index is 1.92. The van der Waals surface area contributed by atoms with Gasteiger partial charge in [0.1, 0.15) is 5.82 Å². The van der Waals surface area contributed by atoms with Crippen molar-refractivity contribution in [2.45, 2.75) is 23.0 Å². The van der Waals surface area contributed by atoms with E-state index in [9.17, 15) is 4.39 Å². The van der Waals surface area contributed by atoms with Crippen molar-refractivity contribution in [3.63, 3.8) is 0 Å². The zero-order chi connectivity index (χ0) is 9.80. The summed E-state index contributed by atoms with van der Waals surface area (Å²) in [5, 5.41) is 4.02. The van der Waals surface area contributed by atoms with Crippen LogP contribution in [0.25, 0.3) is 0 Å². The third-order valence-corrected chi connectivity index (χ3v) is 3.65. The lowest BCUT2D eigenvalue weighted by Crippen LogP contribution is -2.31. The fraction of sp³-hybridized carbons (Fsp3) is 0.455. The van der Waals surface area contributed by atoms with E-state index in [1.165, 1.54) is 29.9 Å². The van der Waals surface area contributed by atoms with Crippen LogP contribution >= 0.6 is 11.8 Å². The van der Waals surface area contributed by atoms with E-state index in [1.54, 1.807) is 0 Å². The van der Waals surface area contributed by atoms with Crippen molar-refractivity contribution >= 4 is 11.8 Å². The topological polar surface area (TPSA) is 12.0 Å². The molecule has 1 nitrogen and oxygen atoms in total. The Morgan fingerprint density at radius 2 is 2.07 bits per heavy atom. The van der Waals surface area contributed by atoms with Crippen LogP contribution in [0, 0.1) is 5.82 Å². The highest BCUT2D eigenvalue weighted by atomic mass is 32.2. The Bertz CT molecular complexity index is 280. The minimum absolute atomic E-state index is 0.156. The largest absolute Gasteiger partial charge is 0.316 e. The molecule has 1 aromatic carbocycles. The second-order valence-electron chi connectivity index (χ2n) is 3.54. The number of hydrogen-bond acceptors (Lipinski definition) is 2. The summed E-state index contributed by atoms with van der Waals surface area (Å²) < 4.78 is 12.6. The molecule has 1 saturated heterocycles. The highest BCUT2D eigenvalue weighted by molar-refractivity contribution is 8.00. The van der Waals surface area contributed by atoms with Gasteiger partial charge >= 0.3 is 0 Å². The molecule has 0 aliphatic carbocycles. The zero-order valence-corrected chi connectivity index (χ0v) is 8.82. The predicted molar refractivity (Wildman–Crippen MR) is 58.1 cm³/mol. The lowest BCUT2D eigenvalue weighted by atomic mass is 10.2. The smallest absolute Gasteiger partial charge is 0.123 e. The summed E-state index contributed by atoms with van der Waals surface area (Å²) >= 11 is 1.84. The maximum atomic E-state index is 12.6. The lowest BCUT2D eigenvalue weighted by molar-refractivity contribution is 0.531. The van der Waals surface area contributed by atoms with E-state index in [2.05, 4.69) is 5.32 Å².